The summed E-state index contributed by atoms with van der Waals surface area (Å²) in [5.41, 5.74) is -0.0798. The van der Waals surface area contributed by atoms with Crippen molar-refractivity contribution in [2.75, 3.05) is 24.5 Å². The Kier molecular flexibility index (Phi) is 3.64. The molecule has 1 aromatic heterocycles. The minimum atomic E-state index is -0.622. The van der Waals surface area contributed by atoms with E-state index in [1.165, 1.54) is 4.90 Å². The fourth-order valence-electron chi connectivity index (χ4n) is 4.28. The number of hydrogen-bond acceptors (Lipinski definition) is 5. The molecular formula is C18H21N5O2. The Bertz CT molecular complexity index is 748. The monoisotopic (exact) mass is 339 g/mol. The molecule has 3 amide bonds. The number of fused-ring (bicyclic) bond motifs is 1. The van der Waals surface area contributed by atoms with Gasteiger partial charge in [0.15, 0.2) is 0 Å². The zero-order chi connectivity index (χ0) is 17.6. The first-order chi connectivity index (χ1) is 12.0. The summed E-state index contributed by atoms with van der Waals surface area (Å²) < 4.78 is 0. The predicted molar refractivity (Wildman–Crippen MR) is 90.8 cm³/mol. The highest BCUT2D eigenvalue weighted by atomic mass is 16.2. The van der Waals surface area contributed by atoms with Crippen molar-refractivity contribution in [1.82, 2.24) is 14.8 Å². The molecule has 0 N–H and O–H groups in total. The highest BCUT2D eigenvalue weighted by Crippen LogP contribution is 2.39. The SMILES string of the molecule is CC12CCCN1C(=O)N(C1CCN(c3ccc(C#N)cn3)CC1)C2=O. The van der Waals surface area contributed by atoms with Gasteiger partial charge in [-0.05, 0) is 44.7 Å². The Balaban J connectivity index is 1.44. The average Bonchev–Trinajstić information content (AvgIpc) is 3.12. The lowest BCUT2D eigenvalue weighted by Gasteiger charge is -2.36. The van der Waals surface area contributed by atoms with Crippen molar-refractivity contribution in [3.63, 3.8) is 0 Å². The number of carbonyl (C=O) groups excluding carboxylic acids is 2. The largest absolute Gasteiger partial charge is 0.356 e. The highest BCUT2D eigenvalue weighted by molar-refractivity contribution is 6.07. The number of urea groups is 1. The minimum Gasteiger partial charge on any atom is -0.356 e. The maximum atomic E-state index is 12.8. The van der Waals surface area contributed by atoms with Crippen LogP contribution in [0.5, 0.6) is 0 Å². The molecule has 25 heavy (non-hydrogen) atoms. The number of nitrogens with zero attached hydrogens (tertiary/aromatic N) is 5. The molecule has 1 unspecified atom stereocenters. The number of aromatic nitrogens is 1. The van der Waals surface area contributed by atoms with Crippen molar-refractivity contribution in [2.45, 2.75) is 44.2 Å². The Hall–Kier alpha value is -2.62. The molecule has 0 radical (unpaired) electrons. The maximum Gasteiger partial charge on any atom is 0.327 e. The number of anilines is 1. The molecule has 0 spiro atoms. The molecule has 3 fully saturated rings. The molecule has 3 saturated heterocycles. The third-order valence-corrected chi connectivity index (χ3v) is 5.79. The molecule has 4 rings (SSSR count). The Labute approximate surface area is 146 Å². The quantitative estimate of drug-likeness (QED) is 0.767. The summed E-state index contributed by atoms with van der Waals surface area (Å²) in [4.78, 5) is 35.3. The van der Waals surface area contributed by atoms with Gasteiger partial charge in [0.05, 0.1) is 5.56 Å². The summed E-state index contributed by atoms with van der Waals surface area (Å²) in [6.45, 7) is 4.08. The van der Waals surface area contributed by atoms with Crippen LogP contribution in [0.25, 0.3) is 0 Å². The van der Waals surface area contributed by atoms with Crippen molar-refractivity contribution < 1.29 is 9.59 Å². The Morgan fingerprint density at radius 3 is 2.60 bits per heavy atom. The molecule has 0 saturated carbocycles. The van der Waals surface area contributed by atoms with Crippen molar-refractivity contribution >= 4 is 17.8 Å². The van der Waals surface area contributed by atoms with Crippen LogP contribution >= 0.6 is 0 Å². The normalized spacial score (nSPS) is 27.0. The number of piperidine rings is 1. The number of nitriles is 1. The molecule has 3 aliphatic rings. The zero-order valence-electron chi connectivity index (χ0n) is 14.3. The molecule has 130 valence electrons. The van der Waals surface area contributed by atoms with E-state index in [0.29, 0.717) is 12.1 Å². The number of rotatable bonds is 2. The molecule has 3 aliphatic heterocycles. The summed E-state index contributed by atoms with van der Waals surface area (Å²) in [6.07, 6.45) is 4.75. The highest BCUT2D eigenvalue weighted by Gasteiger charge is 2.58. The first-order valence-electron chi connectivity index (χ1n) is 8.81. The van der Waals surface area contributed by atoms with Crippen molar-refractivity contribution in [3.05, 3.63) is 23.9 Å². The lowest BCUT2D eigenvalue weighted by atomic mass is 9.97. The predicted octanol–water partition coefficient (Wildman–Crippen LogP) is 1.74. The Morgan fingerprint density at radius 1 is 1.24 bits per heavy atom. The van der Waals surface area contributed by atoms with Crippen LogP contribution in [0.1, 0.15) is 38.2 Å². The van der Waals surface area contributed by atoms with Gasteiger partial charge in [-0.3, -0.25) is 9.69 Å². The van der Waals surface area contributed by atoms with Gasteiger partial charge >= 0.3 is 6.03 Å². The molecule has 0 bridgehead atoms. The smallest absolute Gasteiger partial charge is 0.327 e. The molecule has 0 aromatic carbocycles. The zero-order valence-corrected chi connectivity index (χ0v) is 14.3. The number of amides is 3. The molecule has 1 atom stereocenters. The molecule has 0 aliphatic carbocycles. The summed E-state index contributed by atoms with van der Waals surface area (Å²) in [5, 5.41) is 8.86. The molecule has 7 heteroatoms. The van der Waals surface area contributed by atoms with E-state index < -0.39 is 5.54 Å². The van der Waals surface area contributed by atoms with Crippen LogP contribution in [-0.2, 0) is 4.79 Å². The van der Waals surface area contributed by atoms with E-state index in [2.05, 4.69) is 16.0 Å². The molecule has 1 aromatic rings. The number of imide groups is 1. The average molecular weight is 339 g/mol. The van der Waals surface area contributed by atoms with Crippen LogP contribution in [-0.4, -0.2) is 57.9 Å². The van der Waals surface area contributed by atoms with E-state index in [1.54, 1.807) is 17.2 Å². The first-order valence-corrected chi connectivity index (χ1v) is 8.81. The first kappa shape index (κ1) is 15.9. The van der Waals surface area contributed by atoms with Gasteiger partial charge in [0.25, 0.3) is 5.91 Å². The van der Waals surface area contributed by atoms with Crippen molar-refractivity contribution in [3.8, 4) is 6.07 Å². The van der Waals surface area contributed by atoms with Gasteiger partial charge in [-0.15, -0.1) is 0 Å². The van der Waals surface area contributed by atoms with E-state index >= 15 is 0 Å². The van der Waals surface area contributed by atoms with E-state index in [0.717, 1.165) is 44.6 Å². The minimum absolute atomic E-state index is 0.0232. The second-order valence-electron chi connectivity index (χ2n) is 7.22. The fourth-order valence-corrected chi connectivity index (χ4v) is 4.28. The van der Waals surface area contributed by atoms with Gasteiger partial charge in [-0.2, -0.15) is 5.26 Å². The van der Waals surface area contributed by atoms with Crippen molar-refractivity contribution in [2.24, 2.45) is 0 Å². The van der Waals surface area contributed by atoms with Gasteiger partial charge in [0, 0.05) is 31.9 Å². The van der Waals surface area contributed by atoms with E-state index in [4.69, 9.17) is 5.26 Å². The van der Waals surface area contributed by atoms with E-state index in [-0.39, 0.29) is 18.0 Å². The third kappa shape index (κ3) is 2.36. The topological polar surface area (TPSA) is 80.5 Å². The lowest BCUT2D eigenvalue weighted by molar-refractivity contribution is -0.133. The van der Waals surface area contributed by atoms with Crippen LogP contribution in [0, 0.1) is 11.3 Å². The standard InChI is InChI=1S/C18H21N5O2/c1-18-7-2-8-22(18)17(25)23(16(18)24)14-5-9-21(10-6-14)15-4-3-13(11-19)12-20-15/h3-4,12,14H,2,5-10H2,1H3. The summed E-state index contributed by atoms with van der Waals surface area (Å²) in [5.74, 6) is 0.814. The lowest BCUT2D eigenvalue weighted by Crippen LogP contribution is -2.49. The van der Waals surface area contributed by atoms with Gasteiger partial charge < -0.3 is 9.80 Å². The number of pyridine rings is 1. The summed E-state index contributed by atoms with van der Waals surface area (Å²) in [7, 11) is 0. The van der Waals surface area contributed by atoms with Crippen LogP contribution in [0.15, 0.2) is 18.3 Å². The van der Waals surface area contributed by atoms with Gasteiger partial charge in [-0.1, -0.05) is 0 Å². The summed E-state index contributed by atoms with van der Waals surface area (Å²) in [6, 6.07) is 5.54. The molecular weight excluding hydrogens is 318 g/mol. The second kappa shape index (κ2) is 5.73. The van der Waals surface area contributed by atoms with Crippen molar-refractivity contribution in [1.29, 1.82) is 5.26 Å². The fraction of sp³-hybridized carbons (Fsp3) is 0.556. The van der Waals surface area contributed by atoms with Crippen LogP contribution < -0.4 is 4.90 Å². The Morgan fingerprint density at radius 2 is 2.00 bits per heavy atom. The summed E-state index contributed by atoms with van der Waals surface area (Å²) >= 11 is 0. The van der Waals surface area contributed by atoms with Crippen LogP contribution in [0.4, 0.5) is 10.6 Å². The number of carbonyl (C=O) groups is 2. The molecule has 7 nitrogen and oxygen atoms in total. The van der Waals surface area contributed by atoms with Crippen LogP contribution in [0.2, 0.25) is 0 Å². The van der Waals surface area contributed by atoms with Gasteiger partial charge in [0.2, 0.25) is 0 Å². The third-order valence-electron chi connectivity index (χ3n) is 5.79. The van der Waals surface area contributed by atoms with E-state index in [1.807, 2.05) is 13.0 Å². The van der Waals surface area contributed by atoms with Gasteiger partial charge in [0.1, 0.15) is 17.4 Å². The number of hydrogen-bond donors (Lipinski definition) is 0. The van der Waals surface area contributed by atoms with E-state index in [9.17, 15) is 9.59 Å². The maximum absolute atomic E-state index is 12.8. The second-order valence-corrected chi connectivity index (χ2v) is 7.22. The van der Waals surface area contributed by atoms with Gasteiger partial charge in [-0.25, -0.2) is 9.78 Å². The van der Waals surface area contributed by atoms with Crippen LogP contribution in [0.3, 0.4) is 0 Å². The molecule has 4 heterocycles.